The first-order valence-corrected chi connectivity index (χ1v) is 7.08. The van der Waals surface area contributed by atoms with Gasteiger partial charge >= 0.3 is 0 Å². The number of carbonyl (C=O) groups excluding carboxylic acids is 1. The summed E-state index contributed by atoms with van der Waals surface area (Å²) in [5.41, 5.74) is 0.0852. The van der Waals surface area contributed by atoms with Crippen molar-refractivity contribution in [1.82, 2.24) is 0 Å². The molecule has 0 saturated heterocycles. The molecule has 2 rings (SSSR count). The molecule has 0 heterocycles. The number of rotatable bonds is 4. The molecule has 8 nitrogen and oxygen atoms in total. The Kier molecular flexibility index (Phi) is 4.70. The summed E-state index contributed by atoms with van der Waals surface area (Å²) in [5.74, 6) is -0.665. The topological polar surface area (TPSA) is 115 Å². The van der Waals surface area contributed by atoms with E-state index in [0.29, 0.717) is 5.69 Å². The molecular formula is C14H10BrN3O5. The summed E-state index contributed by atoms with van der Waals surface area (Å²) in [6.45, 7) is 1.77. The summed E-state index contributed by atoms with van der Waals surface area (Å²) in [6, 6.07) is 7.96. The maximum absolute atomic E-state index is 12.2. The molecule has 1 N–H and O–H groups in total. The molecular weight excluding hydrogens is 370 g/mol. The van der Waals surface area contributed by atoms with Crippen LogP contribution in [0, 0.1) is 27.2 Å². The third kappa shape index (κ3) is 3.89. The average Bonchev–Trinajstić information content (AvgIpc) is 2.49. The number of non-ortho nitro benzene ring substituents is 2. The lowest BCUT2D eigenvalue weighted by Crippen LogP contribution is -2.13. The fraction of sp³-hybridized carbons (Fsp3) is 0.0714. The van der Waals surface area contributed by atoms with Gasteiger partial charge in [0.25, 0.3) is 17.3 Å². The van der Waals surface area contributed by atoms with Crippen LogP contribution in [0.1, 0.15) is 15.9 Å². The highest BCUT2D eigenvalue weighted by molar-refractivity contribution is 9.10. The van der Waals surface area contributed by atoms with E-state index in [4.69, 9.17) is 0 Å². The van der Waals surface area contributed by atoms with Crippen molar-refractivity contribution in [2.24, 2.45) is 0 Å². The number of halogens is 1. The van der Waals surface area contributed by atoms with Gasteiger partial charge in [0.1, 0.15) is 0 Å². The van der Waals surface area contributed by atoms with E-state index in [9.17, 15) is 25.0 Å². The van der Waals surface area contributed by atoms with E-state index in [1.54, 1.807) is 25.1 Å². The summed E-state index contributed by atoms with van der Waals surface area (Å²) in [7, 11) is 0. The number of amides is 1. The number of carbonyl (C=O) groups is 1. The highest BCUT2D eigenvalue weighted by Crippen LogP contribution is 2.25. The molecule has 0 aliphatic rings. The molecule has 0 unspecified atom stereocenters. The number of nitrogens with one attached hydrogen (secondary N) is 1. The lowest BCUT2D eigenvalue weighted by Gasteiger charge is -2.08. The van der Waals surface area contributed by atoms with Crippen LogP contribution in [0.5, 0.6) is 0 Å². The van der Waals surface area contributed by atoms with Gasteiger partial charge in [-0.3, -0.25) is 25.0 Å². The summed E-state index contributed by atoms with van der Waals surface area (Å²) in [6.07, 6.45) is 0. The Balaban J connectivity index is 2.38. The lowest BCUT2D eigenvalue weighted by molar-refractivity contribution is -0.394. The van der Waals surface area contributed by atoms with Gasteiger partial charge in [0.05, 0.1) is 21.5 Å². The van der Waals surface area contributed by atoms with Gasteiger partial charge < -0.3 is 5.32 Å². The molecule has 0 spiro atoms. The Morgan fingerprint density at radius 2 is 1.61 bits per heavy atom. The zero-order valence-electron chi connectivity index (χ0n) is 11.8. The number of aryl methyl sites for hydroxylation is 1. The lowest BCUT2D eigenvalue weighted by atomic mass is 10.1. The first-order chi connectivity index (χ1) is 10.8. The Labute approximate surface area is 138 Å². The van der Waals surface area contributed by atoms with E-state index in [0.717, 1.165) is 28.2 Å². The zero-order valence-corrected chi connectivity index (χ0v) is 13.4. The van der Waals surface area contributed by atoms with Crippen molar-refractivity contribution in [1.29, 1.82) is 0 Å². The Morgan fingerprint density at radius 1 is 1.04 bits per heavy atom. The van der Waals surface area contributed by atoms with Gasteiger partial charge in [-0.2, -0.15) is 0 Å². The molecule has 0 fully saturated rings. The van der Waals surface area contributed by atoms with E-state index >= 15 is 0 Å². The summed E-state index contributed by atoms with van der Waals surface area (Å²) in [5, 5.41) is 24.3. The molecule has 0 bridgehead atoms. The van der Waals surface area contributed by atoms with Crippen LogP contribution in [0.15, 0.2) is 40.9 Å². The van der Waals surface area contributed by atoms with Crippen LogP contribution in [0.3, 0.4) is 0 Å². The van der Waals surface area contributed by atoms with Gasteiger partial charge in [-0.15, -0.1) is 0 Å². The molecule has 2 aromatic carbocycles. The van der Waals surface area contributed by atoms with Crippen LogP contribution in [-0.2, 0) is 0 Å². The third-order valence-corrected chi connectivity index (χ3v) is 3.52. The van der Waals surface area contributed by atoms with Crippen LogP contribution in [0.25, 0.3) is 0 Å². The number of nitro benzene ring substituents is 2. The summed E-state index contributed by atoms with van der Waals surface area (Å²) in [4.78, 5) is 32.4. The van der Waals surface area contributed by atoms with Crippen LogP contribution in [0.2, 0.25) is 0 Å². The fourth-order valence-corrected chi connectivity index (χ4v) is 2.37. The minimum absolute atomic E-state index is 0.159. The van der Waals surface area contributed by atoms with Gasteiger partial charge in [0.2, 0.25) is 0 Å². The zero-order chi connectivity index (χ0) is 17.1. The fourth-order valence-electron chi connectivity index (χ4n) is 1.90. The second kappa shape index (κ2) is 6.53. The second-order valence-electron chi connectivity index (χ2n) is 4.67. The minimum atomic E-state index is -0.783. The van der Waals surface area contributed by atoms with Crippen molar-refractivity contribution >= 4 is 38.9 Å². The molecule has 23 heavy (non-hydrogen) atoms. The number of hydrogen-bond acceptors (Lipinski definition) is 5. The van der Waals surface area contributed by atoms with Crippen LogP contribution in [-0.4, -0.2) is 15.8 Å². The first kappa shape index (κ1) is 16.6. The minimum Gasteiger partial charge on any atom is -0.322 e. The Bertz CT molecular complexity index is 790. The smallest absolute Gasteiger partial charge is 0.277 e. The summed E-state index contributed by atoms with van der Waals surface area (Å²) >= 11 is 3.30. The molecule has 0 saturated carbocycles. The molecule has 118 valence electrons. The molecule has 1 amide bonds. The molecule has 0 aliphatic heterocycles. The maximum Gasteiger partial charge on any atom is 0.277 e. The van der Waals surface area contributed by atoms with Crippen LogP contribution >= 0.6 is 15.9 Å². The van der Waals surface area contributed by atoms with Crippen molar-refractivity contribution in [2.45, 2.75) is 6.92 Å². The van der Waals surface area contributed by atoms with Crippen molar-refractivity contribution in [2.75, 3.05) is 5.32 Å². The molecule has 0 aliphatic carbocycles. The third-order valence-electron chi connectivity index (χ3n) is 3.02. The highest BCUT2D eigenvalue weighted by Gasteiger charge is 2.20. The van der Waals surface area contributed by atoms with Gasteiger partial charge in [-0.05, 0) is 30.7 Å². The number of anilines is 1. The Hall–Kier alpha value is -2.81. The quantitative estimate of drug-likeness (QED) is 0.639. The van der Waals surface area contributed by atoms with E-state index in [-0.39, 0.29) is 5.56 Å². The van der Waals surface area contributed by atoms with Gasteiger partial charge in [-0.25, -0.2) is 0 Å². The van der Waals surface area contributed by atoms with Gasteiger partial charge in [0, 0.05) is 22.3 Å². The molecule has 0 radical (unpaired) electrons. The maximum atomic E-state index is 12.2. The number of nitro groups is 2. The molecule has 9 heteroatoms. The molecule has 0 aromatic heterocycles. The molecule has 2 aromatic rings. The predicted octanol–water partition coefficient (Wildman–Crippen LogP) is 3.83. The van der Waals surface area contributed by atoms with E-state index < -0.39 is 27.1 Å². The van der Waals surface area contributed by atoms with Crippen molar-refractivity contribution < 1.29 is 14.6 Å². The monoisotopic (exact) mass is 379 g/mol. The first-order valence-electron chi connectivity index (χ1n) is 6.29. The standard InChI is InChI=1S/C14H10BrN3O5/c1-8-4-10(15)2-3-13(8)16-14(19)9-5-11(17(20)21)7-12(6-9)18(22)23/h2-7H,1H3,(H,16,19). The predicted molar refractivity (Wildman–Crippen MR) is 86.6 cm³/mol. The highest BCUT2D eigenvalue weighted by atomic mass is 79.9. The van der Waals surface area contributed by atoms with E-state index in [1.807, 2.05) is 0 Å². The van der Waals surface area contributed by atoms with Crippen LogP contribution < -0.4 is 5.32 Å². The average molecular weight is 380 g/mol. The Morgan fingerprint density at radius 3 is 2.09 bits per heavy atom. The largest absolute Gasteiger partial charge is 0.322 e. The van der Waals surface area contributed by atoms with Crippen molar-refractivity contribution in [3.05, 3.63) is 72.2 Å². The number of hydrogen-bond donors (Lipinski definition) is 1. The molecule has 0 atom stereocenters. The number of nitrogens with zero attached hydrogens (tertiary/aromatic N) is 2. The van der Waals surface area contributed by atoms with Gasteiger partial charge in [0.15, 0.2) is 0 Å². The van der Waals surface area contributed by atoms with Crippen molar-refractivity contribution in [3.63, 3.8) is 0 Å². The second-order valence-corrected chi connectivity index (χ2v) is 5.58. The van der Waals surface area contributed by atoms with Gasteiger partial charge in [-0.1, -0.05) is 15.9 Å². The normalized spacial score (nSPS) is 10.2. The SMILES string of the molecule is Cc1cc(Br)ccc1NC(=O)c1cc([N+](=O)[O-])cc([N+](=O)[O-])c1. The van der Waals surface area contributed by atoms with Crippen molar-refractivity contribution in [3.8, 4) is 0 Å². The van der Waals surface area contributed by atoms with E-state index in [2.05, 4.69) is 21.2 Å². The van der Waals surface area contributed by atoms with E-state index in [1.165, 1.54) is 0 Å². The summed E-state index contributed by atoms with van der Waals surface area (Å²) < 4.78 is 0.832. The van der Waals surface area contributed by atoms with Crippen LogP contribution in [0.4, 0.5) is 17.1 Å². The number of benzene rings is 2.